The lowest BCUT2D eigenvalue weighted by atomic mass is 10.3. The fourth-order valence-electron chi connectivity index (χ4n) is 2.14. The van der Waals surface area contributed by atoms with Crippen LogP contribution in [0.15, 0.2) is 34.6 Å². The van der Waals surface area contributed by atoms with E-state index in [1.807, 2.05) is 24.3 Å². The largest absolute Gasteiger partial charge is 0.323 e. The highest BCUT2D eigenvalue weighted by molar-refractivity contribution is 7.07. The molecule has 3 aromatic rings. The van der Waals surface area contributed by atoms with Crippen molar-refractivity contribution in [3.05, 3.63) is 40.1 Å². The lowest BCUT2D eigenvalue weighted by molar-refractivity contribution is 0.775. The van der Waals surface area contributed by atoms with Gasteiger partial charge in [-0.3, -0.25) is 9.56 Å². The highest BCUT2D eigenvalue weighted by atomic mass is 32.1. The Bertz CT molecular complexity index is 745. The van der Waals surface area contributed by atoms with Crippen LogP contribution in [0.3, 0.4) is 0 Å². The molecule has 4 nitrogen and oxygen atoms in total. The highest BCUT2D eigenvalue weighted by Gasteiger charge is 2.08. The van der Waals surface area contributed by atoms with Gasteiger partial charge in [-0.2, -0.15) is 0 Å². The fourth-order valence-corrected chi connectivity index (χ4v) is 3.02. The van der Waals surface area contributed by atoms with Crippen molar-refractivity contribution in [2.75, 3.05) is 6.54 Å². The molecule has 0 spiro atoms. The molecule has 2 heterocycles. The van der Waals surface area contributed by atoms with Crippen molar-refractivity contribution in [3.8, 4) is 5.95 Å². The summed E-state index contributed by atoms with van der Waals surface area (Å²) >= 11 is 1.67. The number of hydrogen-bond acceptors (Lipinski definition) is 3. The molecule has 0 amide bonds. The van der Waals surface area contributed by atoms with Crippen LogP contribution < -0.4 is 4.80 Å². The number of nitrogens with zero attached hydrogens (tertiary/aromatic N) is 3. The molecule has 1 aromatic carbocycles. The number of para-hydroxylation sites is 2. The number of unbranched alkanes of at least 4 members (excludes halogenated alkanes) is 1. The third kappa shape index (κ3) is 2.41. The lowest BCUT2D eigenvalue weighted by Gasteiger charge is -2.00. The van der Waals surface area contributed by atoms with Crippen molar-refractivity contribution in [2.24, 2.45) is 4.99 Å². The summed E-state index contributed by atoms with van der Waals surface area (Å²) in [4.78, 5) is 13.7. The topological polar surface area (TPSA) is 46.0 Å². The Morgan fingerprint density at radius 2 is 2.20 bits per heavy atom. The van der Waals surface area contributed by atoms with Gasteiger partial charge in [0.1, 0.15) is 0 Å². The molecule has 0 aliphatic heterocycles. The standard InChI is InChI=1S/C15H18N4S/c1-3-4-9-16-15-19(11(2)10-20-15)14-17-12-7-5-6-8-13(12)18-14/h5-8,10H,3-4,9H2,1-2H3,(H,17,18). The summed E-state index contributed by atoms with van der Waals surface area (Å²) in [6.07, 6.45) is 2.29. The zero-order valence-corrected chi connectivity index (χ0v) is 12.6. The van der Waals surface area contributed by atoms with Crippen molar-refractivity contribution in [2.45, 2.75) is 26.7 Å². The van der Waals surface area contributed by atoms with Crippen molar-refractivity contribution in [1.29, 1.82) is 0 Å². The van der Waals surface area contributed by atoms with Gasteiger partial charge in [0, 0.05) is 17.6 Å². The minimum atomic E-state index is 0.847. The SMILES string of the molecule is CCCCN=c1scc(C)n1-c1nc2ccccc2[nH]1. The van der Waals surface area contributed by atoms with Gasteiger partial charge in [-0.15, -0.1) is 11.3 Å². The molecule has 0 aliphatic carbocycles. The average molecular weight is 286 g/mol. The molecule has 0 aliphatic rings. The number of nitrogens with one attached hydrogen (secondary N) is 1. The third-order valence-electron chi connectivity index (χ3n) is 3.23. The van der Waals surface area contributed by atoms with Crippen LogP contribution in [0.25, 0.3) is 17.0 Å². The van der Waals surface area contributed by atoms with E-state index in [-0.39, 0.29) is 0 Å². The molecule has 2 aromatic heterocycles. The molecule has 0 saturated carbocycles. The van der Waals surface area contributed by atoms with Crippen molar-refractivity contribution in [3.63, 3.8) is 0 Å². The van der Waals surface area contributed by atoms with Gasteiger partial charge in [-0.1, -0.05) is 25.5 Å². The quantitative estimate of drug-likeness (QED) is 0.734. The minimum Gasteiger partial charge on any atom is -0.323 e. The van der Waals surface area contributed by atoms with Crippen LogP contribution in [-0.2, 0) is 0 Å². The summed E-state index contributed by atoms with van der Waals surface area (Å²) in [5.74, 6) is 0.847. The summed E-state index contributed by atoms with van der Waals surface area (Å²) < 4.78 is 2.10. The third-order valence-corrected chi connectivity index (χ3v) is 4.21. The molecule has 0 fully saturated rings. The number of hydrogen-bond donors (Lipinski definition) is 1. The minimum absolute atomic E-state index is 0.847. The summed E-state index contributed by atoms with van der Waals surface area (Å²) in [6, 6.07) is 8.08. The van der Waals surface area contributed by atoms with E-state index >= 15 is 0 Å². The Morgan fingerprint density at radius 1 is 1.35 bits per heavy atom. The predicted octanol–water partition coefficient (Wildman–Crippen LogP) is 3.42. The number of aromatic amines is 1. The second-order valence-electron chi connectivity index (χ2n) is 4.81. The van der Waals surface area contributed by atoms with E-state index in [1.165, 1.54) is 6.42 Å². The first kappa shape index (κ1) is 13.1. The van der Waals surface area contributed by atoms with Crippen LogP contribution in [0, 0.1) is 6.92 Å². The molecular weight excluding hydrogens is 268 g/mol. The molecule has 3 rings (SSSR count). The summed E-state index contributed by atoms with van der Waals surface area (Å²) in [7, 11) is 0. The fraction of sp³-hybridized carbons (Fsp3) is 0.333. The van der Waals surface area contributed by atoms with E-state index in [4.69, 9.17) is 0 Å². The van der Waals surface area contributed by atoms with E-state index in [1.54, 1.807) is 11.3 Å². The van der Waals surface area contributed by atoms with Crippen LogP contribution >= 0.6 is 11.3 Å². The molecule has 20 heavy (non-hydrogen) atoms. The zero-order chi connectivity index (χ0) is 13.9. The first-order valence-electron chi connectivity index (χ1n) is 6.92. The van der Waals surface area contributed by atoms with Gasteiger partial charge in [0.05, 0.1) is 11.0 Å². The van der Waals surface area contributed by atoms with E-state index in [0.717, 1.165) is 40.4 Å². The van der Waals surface area contributed by atoms with Crippen LogP contribution in [-0.4, -0.2) is 21.1 Å². The van der Waals surface area contributed by atoms with Crippen LogP contribution in [0.5, 0.6) is 0 Å². The molecule has 0 atom stereocenters. The van der Waals surface area contributed by atoms with Crippen LogP contribution in [0.4, 0.5) is 0 Å². The number of rotatable bonds is 4. The maximum absolute atomic E-state index is 4.68. The summed E-state index contributed by atoms with van der Waals surface area (Å²) in [6.45, 7) is 5.14. The number of fused-ring (bicyclic) bond motifs is 1. The highest BCUT2D eigenvalue weighted by Crippen LogP contribution is 2.14. The first-order valence-corrected chi connectivity index (χ1v) is 7.80. The monoisotopic (exact) mass is 286 g/mol. The Balaban J connectivity index is 2.09. The molecule has 5 heteroatoms. The second-order valence-corrected chi connectivity index (χ2v) is 5.64. The Hall–Kier alpha value is -1.88. The molecule has 0 bridgehead atoms. The van der Waals surface area contributed by atoms with Gasteiger partial charge in [0.15, 0.2) is 4.80 Å². The molecule has 0 radical (unpaired) electrons. The molecule has 0 saturated heterocycles. The molecule has 0 unspecified atom stereocenters. The maximum atomic E-state index is 4.68. The summed E-state index contributed by atoms with van der Waals surface area (Å²) in [5, 5.41) is 2.12. The van der Waals surface area contributed by atoms with Crippen LogP contribution in [0.2, 0.25) is 0 Å². The maximum Gasteiger partial charge on any atom is 0.214 e. The van der Waals surface area contributed by atoms with E-state index in [9.17, 15) is 0 Å². The molecule has 1 N–H and O–H groups in total. The number of aromatic nitrogens is 3. The zero-order valence-electron chi connectivity index (χ0n) is 11.8. The Kier molecular flexibility index (Phi) is 3.69. The number of aryl methyl sites for hydroxylation is 1. The van der Waals surface area contributed by atoms with Gasteiger partial charge in [0.2, 0.25) is 5.95 Å². The van der Waals surface area contributed by atoms with Crippen molar-refractivity contribution in [1.82, 2.24) is 14.5 Å². The van der Waals surface area contributed by atoms with Crippen LogP contribution in [0.1, 0.15) is 25.5 Å². The van der Waals surface area contributed by atoms with Crippen molar-refractivity contribution < 1.29 is 0 Å². The van der Waals surface area contributed by atoms with Gasteiger partial charge in [-0.25, -0.2) is 4.98 Å². The molecule has 104 valence electrons. The van der Waals surface area contributed by atoms with E-state index in [2.05, 4.69) is 38.8 Å². The average Bonchev–Trinajstić information content (AvgIpc) is 3.02. The number of H-pyrrole nitrogens is 1. The smallest absolute Gasteiger partial charge is 0.214 e. The second kappa shape index (κ2) is 5.63. The summed E-state index contributed by atoms with van der Waals surface area (Å²) in [5.41, 5.74) is 3.20. The first-order chi connectivity index (χ1) is 9.79. The predicted molar refractivity (Wildman–Crippen MR) is 83.4 cm³/mol. The van der Waals surface area contributed by atoms with Gasteiger partial charge < -0.3 is 4.98 Å². The van der Waals surface area contributed by atoms with E-state index in [0.29, 0.717) is 0 Å². The number of benzene rings is 1. The lowest BCUT2D eigenvalue weighted by Crippen LogP contribution is -2.16. The van der Waals surface area contributed by atoms with Gasteiger partial charge in [-0.05, 0) is 25.5 Å². The number of imidazole rings is 1. The molecular formula is C15H18N4S. The van der Waals surface area contributed by atoms with E-state index < -0.39 is 0 Å². The van der Waals surface area contributed by atoms with Gasteiger partial charge >= 0.3 is 0 Å². The number of thiazole rings is 1. The van der Waals surface area contributed by atoms with Gasteiger partial charge in [0.25, 0.3) is 0 Å². The normalized spacial score (nSPS) is 12.4. The van der Waals surface area contributed by atoms with Crippen molar-refractivity contribution >= 4 is 22.4 Å². The Morgan fingerprint density at radius 3 is 3.00 bits per heavy atom. The Labute approximate surface area is 121 Å².